The predicted molar refractivity (Wildman–Crippen MR) is 132 cm³/mol. The molecular weight excluding hydrogens is 398 g/mol. The molecule has 0 amide bonds. The molecule has 7 nitrogen and oxygen atoms in total. The molecule has 0 radical (unpaired) electrons. The largest absolute Gasteiger partial charge is 0.369 e. The highest BCUT2D eigenvalue weighted by atomic mass is 15.3. The molecule has 0 aromatic heterocycles. The summed E-state index contributed by atoms with van der Waals surface area (Å²) in [5.41, 5.74) is 2.26. The monoisotopic (exact) mass is 433 g/mol. The Labute approximate surface area is 192 Å². The van der Waals surface area contributed by atoms with E-state index in [2.05, 4.69) is 69.3 Å². The van der Waals surface area contributed by atoms with Crippen LogP contribution in [-0.4, -0.2) is 74.0 Å². The van der Waals surface area contributed by atoms with E-state index >= 15 is 0 Å². The van der Waals surface area contributed by atoms with Crippen LogP contribution in [-0.2, 0) is 0 Å². The number of rotatable bonds is 5. The predicted octanol–water partition coefficient (Wildman–Crippen LogP) is 3.58. The van der Waals surface area contributed by atoms with Gasteiger partial charge < -0.3 is 20.0 Å². The fourth-order valence-electron chi connectivity index (χ4n) is 4.92. The smallest absolute Gasteiger partial charge is 0.224 e. The van der Waals surface area contributed by atoms with Crippen molar-refractivity contribution in [3.05, 3.63) is 36.4 Å². The van der Waals surface area contributed by atoms with E-state index in [-0.39, 0.29) is 5.92 Å². The van der Waals surface area contributed by atoms with Crippen LogP contribution in [0.4, 0.5) is 11.4 Å². The minimum atomic E-state index is 0.0559. The third-order valence-electron chi connectivity index (χ3n) is 6.79. The van der Waals surface area contributed by atoms with Gasteiger partial charge in [-0.1, -0.05) is 18.9 Å². The van der Waals surface area contributed by atoms with Gasteiger partial charge in [0.1, 0.15) is 5.84 Å². The molecule has 1 N–H and O–H groups in total. The molecule has 1 aliphatic carbocycles. The fourth-order valence-corrected chi connectivity index (χ4v) is 4.92. The van der Waals surface area contributed by atoms with Crippen LogP contribution in [0.5, 0.6) is 0 Å². The third-order valence-corrected chi connectivity index (χ3v) is 6.79. The molecule has 170 valence electrons. The van der Waals surface area contributed by atoms with E-state index in [0.717, 1.165) is 44.2 Å². The molecule has 2 heterocycles. The lowest BCUT2D eigenvalue weighted by atomic mass is 10.0. The lowest BCUT2D eigenvalue weighted by molar-refractivity contribution is 0.313. The zero-order chi connectivity index (χ0) is 22.3. The Kier molecular flexibility index (Phi) is 7.43. The number of allylic oxidation sites excluding steroid dienone is 1. The van der Waals surface area contributed by atoms with Gasteiger partial charge in [-0.05, 0) is 51.1 Å². The van der Waals surface area contributed by atoms with Gasteiger partial charge in [-0.3, -0.25) is 0 Å². The molecule has 1 aromatic rings. The summed E-state index contributed by atoms with van der Waals surface area (Å²) in [6, 6.07) is 11.2. The Morgan fingerprint density at radius 3 is 2.53 bits per heavy atom. The number of anilines is 2. The van der Waals surface area contributed by atoms with E-state index in [9.17, 15) is 0 Å². The van der Waals surface area contributed by atoms with Crippen molar-refractivity contribution < 1.29 is 0 Å². The summed E-state index contributed by atoms with van der Waals surface area (Å²) < 4.78 is 0. The van der Waals surface area contributed by atoms with Crippen LogP contribution >= 0.6 is 0 Å². The van der Waals surface area contributed by atoms with Crippen molar-refractivity contribution in [2.24, 2.45) is 15.9 Å². The first kappa shape index (κ1) is 22.3. The maximum atomic E-state index is 9.02. The summed E-state index contributed by atoms with van der Waals surface area (Å²) in [7, 11) is 2.18. The Morgan fingerprint density at radius 2 is 1.88 bits per heavy atom. The Bertz CT molecular complexity index is 882. The van der Waals surface area contributed by atoms with Crippen LogP contribution in [0.3, 0.4) is 0 Å². The van der Waals surface area contributed by atoms with Crippen LogP contribution in [0.2, 0.25) is 0 Å². The highest BCUT2D eigenvalue weighted by molar-refractivity contribution is 6.05. The van der Waals surface area contributed by atoms with Gasteiger partial charge in [-0.15, -0.1) is 0 Å². The molecule has 1 unspecified atom stereocenters. The van der Waals surface area contributed by atoms with Crippen LogP contribution in [0.25, 0.3) is 0 Å². The van der Waals surface area contributed by atoms with Crippen molar-refractivity contribution in [1.29, 1.82) is 5.26 Å². The van der Waals surface area contributed by atoms with Gasteiger partial charge in [0, 0.05) is 56.2 Å². The van der Waals surface area contributed by atoms with Crippen molar-refractivity contribution in [2.75, 3.05) is 56.5 Å². The van der Waals surface area contributed by atoms with Gasteiger partial charge in [0.25, 0.3) is 0 Å². The molecule has 2 fully saturated rings. The molecule has 0 bridgehead atoms. The topological polar surface area (TPSA) is 70.3 Å². The summed E-state index contributed by atoms with van der Waals surface area (Å²) in [6.07, 6.45) is 8.51. The average Bonchev–Trinajstić information content (AvgIpc) is 3.35. The number of benzene rings is 1. The van der Waals surface area contributed by atoms with E-state index < -0.39 is 0 Å². The number of nitrogens with one attached hydrogen (secondary N) is 1. The number of piperazine rings is 1. The summed E-state index contributed by atoms with van der Waals surface area (Å²) in [4.78, 5) is 16.9. The second-order valence-corrected chi connectivity index (χ2v) is 8.92. The SMILES string of the molecule is CCN(C1=NC(Nc2ccc(N3CCN(C)CC3)cc2)=NCC1/C=C/C#N)C1CCCC1. The first-order valence-electron chi connectivity index (χ1n) is 11.9. The highest BCUT2D eigenvalue weighted by Gasteiger charge is 2.30. The maximum absolute atomic E-state index is 9.02. The molecule has 0 spiro atoms. The molecule has 1 aromatic carbocycles. The van der Waals surface area contributed by atoms with Crippen LogP contribution in [0, 0.1) is 17.2 Å². The zero-order valence-corrected chi connectivity index (χ0v) is 19.4. The van der Waals surface area contributed by atoms with Gasteiger partial charge in [0.05, 0.1) is 18.5 Å². The average molecular weight is 434 g/mol. The summed E-state index contributed by atoms with van der Waals surface area (Å²) in [6.45, 7) is 8.07. The van der Waals surface area contributed by atoms with Crippen LogP contribution in [0.1, 0.15) is 32.6 Å². The van der Waals surface area contributed by atoms with E-state index in [4.69, 9.17) is 10.3 Å². The van der Waals surface area contributed by atoms with Crippen molar-refractivity contribution in [3.63, 3.8) is 0 Å². The molecule has 1 saturated heterocycles. The van der Waals surface area contributed by atoms with Gasteiger partial charge in [0.15, 0.2) is 0 Å². The number of amidine groups is 1. The Balaban J connectivity index is 1.48. The third kappa shape index (κ3) is 5.31. The van der Waals surface area contributed by atoms with E-state index in [1.807, 2.05) is 6.08 Å². The van der Waals surface area contributed by atoms with E-state index in [0.29, 0.717) is 18.5 Å². The zero-order valence-electron chi connectivity index (χ0n) is 19.4. The quantitative estimate of drug-likeness (QED) is 0.719. The standard InChI is InChI=1S/C25H35N7/c1-3-32(23-8-4-5-9-23)24-20(7-6-14-26)19-27-25(29-24)28-21-10-12-22(13-11-21)31-17-15-30(2)16-18-31/h6-7,10-13,20,23H,3-5,8-9,15-19H2,1-2H3,(H,27,28)/b7-6+. The number of aliphatic imine (C=N–C) groups is 2. The first-order chi connectivity index (χ1) is 15.7. The molecule has 2 aliphatic heterocycles. The van der Waals surface area contributed by atoms with Crippen molar-refractivity contribution in [1.82, 2.24) is 9.80 Å². The molecule has 32 heavy (non-hydrogen) atoms. The van der Waals surface area contributed by atoms with E-state index in [1.165, 1.54) is 31.4 Å². The summed E-state index contributed by atoms with van der Waals surface area (Å²) >= 11 is 0. The summed E-state index contributed by atoms with van der Waals surface area (Å²) in [5, 5.41) is 12.4. The minimum absolute atomic E-state index is 0.0559. The second kappa shape index (κ2) is 10.6. The molecular formula is C25H35N7. The molecule has 1 saturated carbocycles. The summed E-state index contributed by atoms with van der Waals surface area (Å²) in [5.74, 6) is 1.75. The molecule has 1 atom stereocenters. The highest BCUT2D eigenvalue weighted by Crippen LogP contribution is 2.27. The van der Waals surface area contributed by atoms with Crippen LogP contribution < -0.4 is 10.2 Å². The van der Waals surface area contributed by atoms with Crippen molar-refractivity contribution in [2.45, 2.75) is 38.6 Å². The Morgan fingerprint density at radius 1 is 1.16 bits per heavy atom. The molecule has 7 heteroatoms. The number of hydrogen-bond donors (Lipinski definition) is 1. The lowest BCUT2D eigenvalue weighted by Gasteiger charge is -2.35. The molecule has 4 rings (SSSR count). The lowest BCUT2D eigenvalue weighted by Crippen LogP contribution is -2.45. The number of nitrogens with zero attached hydrogens (tertiary/aromatic N) is 6. The van der Waals surface area contributed by atoms with Gasteiger partial charge in [-0.2, -0.15) is 10.3 Å². The van der Waals surface area contributed by atoms with Crippen LogP contribution in [0.15, 0.2) is 46.4 Å². The van der Waals surface area contributed by atoms with Gasteiger partial charge in [-0.25, -0.2) is 4.99 Å². The normalized spacial score (nSPS) is 22.5. The Hall–Kier alpha value is -2.85. The van der Waals surface area contributed by atoms with Gasteiger partial charge in [0.2, 0.25) is 5.96 Å². The maximum Gasteiger partial charge on any atom is 0.224 e. The van der Waals surface area contributed by atoms with Crippen molar-refractivity contribution in [3.8, 4) is 6.07 Å². The van der Waals surface area contributed by atoms with E-state index in [1.54, 1.807) is 6.08 Å². The number of guanidine groups is 1. The number of hydrogen-bond acceptors (Lipinski definition) is 7. The fraction of sp³-hybridized carbons (Fsp3) is 0.560. The van der Waals surface area contributed by atoms with Crippen molar-refractivity contribution >= 4 is 23.2 Å². The minimum Gasteiger partial charge on any atom is -0.369 e. The second-order valence-electron chi connectivity index (χ2n) is 8.92. The number of nitriles is 1. The van der Waals surface area contributed by atoms with Gasteiger partial charge >= 0.3 is 0 Å². The first-order valence-corrected chi connectivity index (χ1v) is 11.9. The molecule has 3 aliphatic rings. The number of likely N-dealkylation sites (N-methyl/N-ethyl adjacent to an activating group) is 1.